The van der Waals surface area contributed by atoms with Crippen LogP contribution in [0.3, 0.4) is 0 Å². The van der Waals surface area contributed by atoms with E-state index in [0.717, 1.165) is 11.0 Å². The highest BCUT2D eigenvalue weighted by molar-refractivity contribution is 8.03. The molecule has 1 aromatic rings. The lowest BCUT2D eigenvalue weighted by molar-refractivity contribution is -0.114. The Morgan fingerprint density at radius 1 is 1.20 bits per heavy atom. The molecule has 0 bridgehead atoms. The number of thioether (sulfide) groups is 1. The molecule has 1 aliphatic carbocycles. The Morgan fingerprint density at radius 2 is 2.00 bits per heavy atom. The van der Waals surface area contributed by atoms with Crippen LogP contribution in [0.5, 0.6) is 0 Å². The average molecular weight is 226 g/mol. The summed E-state index contributed by atoms with van der Waals surface area (Å²) in [4.78, 5) is 12.1. The molecule has 0 heterocycles. The minimum atomic E-state index is -0.590. The minimum Gasteiger partial charge on any atom is -0.295 e. The normalized spacial score (nSPS) is 15.6. The molecule has 4 heteroatoms. The van der Waals surface area contributed by atoms with Crippen molar-refractivity contribution in [1.29, 1.82) is 0 Å². The van der Waals surface area contributed by atoms with E-state index in [0.29, 0.717) is 17.7 Å². The van der Waals surface area contributed by atoms with Crippen LogP contribution in [0.25, 0.3) is 0 Å². The number of allylic oxidation sites excluding steroid dienone is 2. The summed E-state index contributed by atoms with van der Waals surface area (Å²) >= 11 is 1.19. The van der Waals surface area contributed by atoms with Gasteiger partial charge >= 0.3 is 0 Å². The third-order valence-electron chi connectivity index (χ3n) is 2.07. The Kier molecular flexibility index (Phi) is 2.86. The molecule has 1 aliphatic rings. The smallest absolute Gasteiger partial charge is 0.156 e. The second-order valence-electron chi connectivity index (χ2n) is 3.25. The predicted molar refractivity (Wildman–Crippen MR) is 54.5 cm³/mol. The van der Waals surface area contributed by atoms with Gasteiger partial charge in [-0.2, -0.15) is 0 Å². The number of ketones is 1. The number of hydrogen-bond acceptors (Lipinski definition) is 2. The predicted octanol–water partition coefficient (Wildman–Crippen LogP) is 3.30. The molecule has 0 spiro atoms. The van der Waals surface area contributed by atoms with Crippen molar-refractivity contribution in [3.63, 3.8) is 0 Å². The highest BCUT2D eigenvalue weighted by atomic mass is 32.2. The van der Waals surface area contributed by atoms with Gasteiger partial charge in [0.2, 0.25) is 0 Å². The third-order valence-corrected chi connectivity index (χ3v) is 3.21. The van der Waals surface area contributed by atoms with Crippen molar-refractivity contribution < 1.29 is 13.6 Å². The Labute approximate surface area is 90.2 Å². The molecule has 0 saturated carbocycles. The molecule has 0 N–H and O–H groups in total. The van der Waals surface area contributed by atoms with E-state index in [-0.39, 0.29) is 5.78 Å². The zero-order chi connectivity index (χ0) is 10.8. The average Bonchev–Trinajstić information content (AvgIpc) is 2.56. The van der Waals surface area contributed by atoms with Gasteiger partial charge in [-0.05, 0) is 29.5 Å². The molecule has 0 unspecified atom stereocenters. The Bertz CT molecular complexity index is 440. The molecule has 78 valence electrons. The van der Waals surface area contributed by atoms with Crippen LogP contribution in [0.15, 0.2) is 34.1 Å². The van der Waals surface area contributed by atoms with E-state index < -0.39 is 11.6 Å². The molecule has 0 amide bonds. The lowest BCUT2D eigenvalue weighted by Crippen LogP contribution is -1.83. The summed E-state index contributed by atoms with van der Waals surface area (Å²) in [5, 5.41) is 0. The van der Waals surface area contributed by atoms with E-state index in [1.165, 1.54) is 30.0 Å². The number of halogens is 2. The summed E-state index contributed by atoms with van der Waals surface area (Å²) < 4.78 is 25.8. The van der Waals surface area contributed by atoms with Gasteiger partial charge in [0.15, 0.2) is 5.78 Å². The third kappa shape index (κ3) is 2.45. The summed E-state index contributed by atoms with van der Waals surface area (Å²) in [6.45, 7) is 0. The first kappa shape index (κ1) is 10.4. The van der Waals surface area contributed by atoms with Gasteiger partial charge in [-0.3, -0.25) is 4.79 Å². The Hall–Kier alpha value is -1.16. The van der Waals surface area contributed by atoms with Crippen LogP contribution in [-0.2, 0) is 4.79 Å². The van der Waals surface area contributed by atoms with Gasteiger partial charge < -0.3 is 0 Å². The van der Waals surface area contributed by atoms with Crippen LogP contribution in [0.2, 0.25) is 0 Å². The van der Waals surface area contributed by atoms with Gasteiger partial charge in [0, 0.05) is 17.4 Å². The molecule has 0 radical (unpaired) electrons. The standard InChI is InChI=1S/C11H8F2OS/c12-7-1-4-11(10(13)5-7)15-9-3-2-8(14)6-9/h1,4-6H,2-3H2. The molecular formula is C11H8F2OS. The van der Waals surface area contributed by atoms with Crippen LogP contribution in [0.1, 0.15) is 12.8 Å². The number of benzene rings is 1. The molecule has 2 rings (SSSR count). The topological polar surface area (TPSA) is 17.1 Å². The van der Waals surface area contributed by atoms with Crippen molar-refractivity contribution in [2.45, 2.75) is 17.7 Å². The van der Waals surface area contributed by atoms with E-state index >= 15 is 0 Å². The Balaban J connectivity index is 2.18. The van der Waals surface area contributed by atoms with Gasteiger partial charge in [0.05, 0.1) is 0 Å². The molecule has 0 aliphatic heterocycles. The molecule has 0 aromatic heterocycles. The van der Waals surface area contributed by atoms with Crippen molar-refractivity contribution in [1.82, 2.24) is 0 Å². The van der Waals surface area contributed by atoms with E-state index in [1.807, 2.05) is 0 Å². The largest absolute Gasteiger partial charge is 0.295 e. The highest BCUT2D eigenvalue weighted by Gasteiger charge is 2.14. The monoisotopic (exact) mass is 226 g/mol. The van der Waals surface area contributed by atoms with Gasteiger partial charge in [-0.25, -0.2) is 8.78 Å². The molecule has 0 fully saturated rings. The lowest BCUT2D eigenvalue weighted by atomic mass is 10.3. The molecule has 0 saturated heterocycles. The van der Waals surface area contributed by atoms with Crippen LogP contribution >= 0.6 is 11.8 Å². The maximum absolute atomic E-state index is 13.2. The van der Waals surface area contributed by atoms with Crippen LogP contribution < -0.4 is 0 Å². The second-order valence-corrected chi connectivity index (χ2v) is 4.42. The zero-order valence-electron chi connectivity index (χ0n) is 7.80. The first-order chi connectivity index (χ1) is 7.15. The van der Waals surface area contributed by atoms with Gasteiger partial charge in [0.25, 0.3) is 0 Å². The number of hydrogen-bond donors (Lipinski definition) is 0. The van der Waals surface area contributed by atoms with E-state index in [4.69, 9.17) is 0 Å². The molecule has 1 aromatic carbocycles. The molecule has 1 nitrogen and oxygen atoms in total. The molecule has 0 atom stereocenters. The van der Waals surface area contributed by atoms with Crippen LogP contribution in [0.4, 0.5) is 8.78 Å². The van der Waals surface area contributed by atoms with Crippen molar-refractivity contribution in [2.75, 3.05) is 0 Å². The Morgan fingerprint density at radius 3 is 2.60 bits per heavy atom. The first-order valence-electron chi connectivity index (χ1n) is 4.51. The SMILES string of the molecule is O=C1C=C(Sc2ccc(F)cc2F)CC1. The summed E-state index contributed by atoms with van der Waals surface area (Å²) in [7, 11) is 0. The fraction of sp³-hybridized carbons (Fsp3) is 0.182. The van der Waals surface area contributed by atoms with E-state index in [9.17, 15) is 13.6 Å². The second kappa shape index (κ2) is 4.14. The number of rotatable bonds is 2. The molecular weight excluding hydrogens is 218 g/mol. The summed E-state index contributed by atoms with van der Waals surface area (Å²) in [6, 6.07) is 3.45. The quantitative estimate of drug-likeness (QED) is 0.769. The summed E-state index contributed by atoms with van der Waals surface area (Å²) in [5.74, 6) is -1.10. The molecule has 15 heavy (non-hydrogen) atoms. The minimum absolute atomic E-state index is 0.0695. The van der Waals surface area contributed by atoms with Crippen LogP contribution in [0, 0.1) is 11.6 Å². The van der Waals surface area contributed by atoms with Crippen molar-refractivity contribution in [2.24, 2.45) is 0 Å². The van der Waals surface area contributed by atoms with Crippen molar-refractivity contribution in [3.05, 3.63) is 40.8 Å². The maximum atomic E-state index is 13.2. The fourth-order valence-corrected chi connectivity index (χ4v) is 2.32. The van der Waals surface area contributed by atoms with Crippen molar-refractivity contribution >= 4 is 17.5 Å². The lowest BCUT2D eigenvalue weighted by Gasteiger charge is -2.02. The summed E-state index contributed by atoms with van der Waals surface area (Å²) in [6.07, 6.45) is 2.67. The van der Waals surface area contributed by atoms with Gasteiger partial charge in [-0.15, -0.1) is 0 Å². The van der Waals surface area contributed by atoms with E-state index in [1.54, 1.807) is 0 Å². The first-order valence-corrected chi connectivity index (χ1v) is 5.33. The number of carbonyl (C=O) groups is 1. The van der Waals surface area contributed by atoms with Crippen molar-refractivity contribution in [3.8, 4) is 0 Å². The number of carbonyl (C=O) groups excluding carboxylic acids is 1. The maximum Gasteiger partial charge on any atom is 0.156 e. The zero-order valence-corrected chi connectivity index (χ0v) is 8.61. The highest BCUT2D eigenvalue weighted by Crippen LogP contribution is 2.34. The summed E-state index contributed by atoms with van der Waals surface area (Å²) in [5.41, 5.74) is 0. The van der Waals surface area contributed by atoms with E-state index in [2.05, 4.69) is 0 Å². The van der Waals surface area contributed by atoms with Crippen LogP contribution in [-0.4, -0.2) is 5.78 Å². The fourth-order valence-electron chi connectivity index (χ4n) is 1.35. The van der Waals surface area contributed by atoms with Gasteiger partial charge in [0.1, 0.15) is 11.6 Å². The van der Waals surface area contributed by atoms with Gasteiger partial charge in [-0.1, -0.05) is 11.8 Å².